The Morgan fingerprint density at radius 3 is 2.37 bits per heavy atom. The molecule has 4 rings (SSSR count). The van der Waals surface area contributed by atoms with Crippen LogP contribution in [0.5, 0.6) is 5.75 Å². The number of aromatic nitrogens is 4. The number of para-hydroxylation sites is 1. The van der Waals surface area contributed by atoms with Crippen LogP contribution in [0.4, 0.5) is 24.8 Å². The molecule has 0 aliphatic heterocycles. The Morgan fingerprint density at radius 2 is 1.67 bits per heavy atom. The first kappa shape index (κ1) is 16.8. The molecular weight excluding hydrogens is 359 g/mol. The van der Waals surface area contributed by atoms with E-state index in [9.17, 15) is 13.2 Å². The molecule has 9 heteroatoms. The van der Waals surface area contributed by atoms with E-state index in [0.717, 1.165) is 5.69 Å². The Kier molecular flexibility index (Phi) is 4.11. The number of nitrogens with zero attached hydrogens (tertiary/aromatic N) is 4. The number of benzene rings is 2. The van der Waals surface area contributed by atoms with Gasteiger partial charge in [0, 0.05) is 11.4 Å². The highest BCUT2D eigenvalue weighted by Crippen LogP contribution is 2.25. The Morgan fingerprint density at radius 1 is 0.926 bits per heavy atom. The zero-order chi connectivity index (χ0) is 18.9. The predicted molar refractivity (Wildman–Crippen MR) is 93.1 cm³/mol. The normalized spacial score (nSPS) is 11.5. The second-order valence-corrected chi connectivity index (χ2v) is 5.55. The fourth-order valence-corrected chi connectivity index (χ4v) is 2.52. The van der Waals surface area contributed by atoms with Crippen molar-refractivity contribution in [1.29, 1.82) is 0 Å². The number of hydrogen-bond donors (Lipinski definition) is 1. The van der Waals surface area contributed by atoms with Gasteiger partial charge in [0.05, 0.1) is 6.20 Å². The van der Waals surface area contributed by atoms with Crippen molar-refractivity contribution in [1.82, 2.24) is 19.5 Å². The van der Waals surface area contributed by atoms with Gasteiger partial charge < -0.3 is 10.1 Å². The first-order chi connectivity index (χ1) is 13.0. The zero-order valence-corrected chi connectivity index (χ0v) is 13.7. The summed E-state index contributed by atoms with van der Waals surface area (Å²) in [5.41, 5.74) is 2.65. The highest BCUT2D eigenvalue weighted by atomic mass is 19.4. The van der Waals surface area contributed by atoms with E-state index in [1.54, 1.807) is 12.5 Å². The van der Waals surface area contributed by atoms with Gasteiger partial charge in [-0.2, -0.15) is 4.98 Å². The van der Waals surface area contributed by atoms with E-state index >= 15 is 0 Å². The van der Waals surface area contributed by atoms with Gasteiger partial charge in [-0.25, -0.2) is 9.97 Å². The number of fused-ring (bicyclic) bond motifs is 1. The number of alkyl halides is 3. The third kappa shape index (κ3) is 3.81. The maximum Gasteiger partial charge on any atom is 0.573 e. The monoisotopic (exact) mass is 371 g/mol. The van der Waals surface area contributed by atoms with Crippen molar-refractivity contribution in [3.8, 4) is 11.4 Å². The molecule has 0 fully saturated rings. The largest absolute Gasteiger partial charge is 0.573 e. The minimum atomic E-state index is -4.72. The van der Waals surface area contributed by atoms with Crippen molar-refractivity contribution in [3.05, 3.63) is 67.1 Å². The lowest BCUT2D eigenvalue weighted by molar-refractivity contribution is -0.274. The van der Waals surface area contributed by atoms with Gasteiger partial charge in [-0.15, -0.1) is 13.2 Å². The maximum atomic E-state index is 12.2. The SMILES string of the molecule is FC(F)(F)Oc1ccc(Nc2ncc3ncn(-c4ccccc4)c3n2)cc1. The number of rotatable bonds is 4. The first-order valence-corrected chi connectivity index (χ1v) is 7.86. The van der Waals surface area contributed by atoms with Gasteiger partial charge in [0.2, 0.25) is 5.95 Å². The van der Waals surface area contributed by atoms with E-state index in [1.165, 1.54) is 24.3 Å². The molecular formula is C18H12F3N5O. The molecule has 27 heavy (non-hydrogen) atoms. The van der Waals surface area contributed by atoms with Crippen LogP contribution in [-0.4, -0.2) is 25.9 Å². The van der Waals surface area contributed by atoms with Gasteiger partial charge in [-0.3, -0.25) is 4.57 Å². The standard InChI is InChI=1S/C18H12F3N5O/c19-18(20,21)27-14-8-6-12(7-9-14)24-17-22-10-15-16(25-17)26(11-23-15)13-4-2-1-3-5-13/h1-11H,(H,22,24,25). The van der Waals surface area contributed by atoms with Crippen LogP contribution < -0.4 is 10.1 Å². The summed E-state index contributed by atoms with van der Waals surface area (Å²) in [5, 5.41) is 2.95. The topological polar surface area (TPSA) is 64.9 Å². The molecule has 0 bridgehead atoms. The van der Waals surface area contributed by atoms with Gasteiger partial charge in [0.1, 0.15) is 17.6 Å². The number of halogens is 3. The van der Waals surface area contributed by atoms with E-state index in [2.05, 4.69) is 25.0 Å². The number of ether oxygens (including phenoxy) is 1. The number of imidazole rings is 1. The molecule has 4 aromatic rings. The number of hydrogen-bond acceptors (Lipinski definition) is 5. The van der Waals surface area contributed by atoms with Crippen LogP contribution in [0.3, 0.4) is 0 Å². The van der Waals surface area contributed by atoms with Crippen molar-refractivity contribution in [2.75, 3.05) is 5.32 Å². The van der Waals surface area contributed by atoms with Crippen molar-refractivity contribution in [2.45, 2.75) is 6.36 Å². The third-order valence-corrected chi connectivity index (χ3v) is 3.67. The molecule has 6 nitrogen and oxygen atoms in total. The lowest BCUT2D eigenvalue weighted by Crippen LogP contribution is -2.17. The van der Waals surface area contributed by atoms with Gasteiger partial charge in [0.15, 0.2) is 5.65 Å². The smallest absolute Gasteiger partial charge is 0.406 e. The molecule has 0 aliphatic rings. The summed E-state index contributed by atoms with van der Waals surface area (Å²) < 4.78 is 42.3. The zero-order valence-electron chi connectivity index (χ0n) is 13.7. The Bertz CT molecular complexity index is 1060. The highest BCUT2D eigenvalue weighted by molar-refractivity contribution is 5.74. The number of anilines is 2. The summed E-state index contributed by atoms with van der Waals surface area (Å²) in [6, 6.07) is 14.9. The third-order valence-electron chi connectivity index (χ3n) is 3.67. The van der Waals surface area contributed by atoms with Crippen molar-refractivity contribution < 1.29 is 17.9 Å². The molecule has 2 aromatic heterocycles. The quantitative estimate of drug-likeness (QED) is 0.574. The average Bonchev–Trinajstić information content (AvgIpc) is 3.06. The summed E-state index contributed by atoms with van der Waals surface area (Å²) >= 11 is 0. The second kappa shape index (κ2) is 6.60. The molecule has 0 saturated heterocycles. The second-order valence-electron chi connectivity index (χ2n) is 5.55. The minimum Gasteiger partial charge on any atom is -0.406 e. The first-order valence-electron chi connectivity index (χ1n) is 7.86. The molecule has 0 unspecified atom stereocenters. The van der Waals surface area contributed by atoms with Crippen LogP contribution in [0.15, 0.2) is 67.1 Å². The Hall–Kier alpha value is -3.62. The number of nitrogens with one attached hydrogen (secondary N) is 1. The van der Waals surface area contributed by atoms with Crippen LogP contribution in [0, 0.1) is 0 Å². The molecule has 136 valence electrons. The minimum absolute atomic E-state index is 0.296. The van der Waals surface area contributed by atoms with Gasteiger partial charge in [-0.05, 0) is 36.4 Å². The van der Waals surface area contributed by atoms with E-state index in [0.29, 0.717) is 22.8 Å². The fraction of sp³-hybridized carbons (Fsp3) is 0.0556. The summed E-state index contributed by atoms with van der Waals surface area (Å²) in [4.78, 5) is 12.9. The van der Waals surface area contributed by atoms with Crippen molar-refractivity contribution in [3.63, 3.8) is 0 Å². The van der Waals surface area contributed by atoms with Gasteiger partial charge in [0.25, 0.3) is 0 Å². The van der Waals surface area contributed by atoms with Gasteiger partial charge in [-0.1, -0.05) is 18.2 Å². The maximum absolute atomic E-state index is 12.2. The van der Waals surface area contributed by atoms with Crippen molar-refractivity contribution in [2.24, 2.45) is 0 Å². The summed E-state index contributed by atoms with van der Waals surface area (Å²) in [5.74, 6) is -0.00348. The van der Waals surface area contributed by atoms with E-state index in [4.69, 9.17) is 0 Å². The summed E-state index contributed by atoms with van der Waals surface area (Å²) in [7, 11) is 0. The molecule has 0 saturated carbocycles. The van der Waals surface area contributed by atoms with Crippen LogP contribution in [0.25, 0.3) is 16.9 Å². The van der Waals surface area contributed by atoms with E-state index in [-0.39, 0.29) is 5.75 Å². The van der Waals surface area contributed by atoms with Crippen LogP contribution in [-0.2, 0) is 0 Å². The molecule has 2 heterocycles. The Balaban J connectivity index is 1.59. The van der Waals surface area contributed by atoms with E-state index in [1.807, 2.05) is 34.9 Å². The highest BCUT2D eigenvalue weighted by Gasteiger charge is 2.30. The lowest BCUT2D eigenvalue weighted by atomic mass is 10.3. The Labute approximate surface area is 151 Å². The molecule has 0 atom stereocenters. The molecule has 0 amide bonds. The summed E-state index contributed by atoms with van der Waals surface area (Å²) in [6.45, 7) is 0. The van der Waals surface area contributed by atoms with Gasteiger partial charge >= 0.3 is 6.36 Å². The average molecular weight is 371 g/mol. The molecule has 2 aromatic carbocycles. The molecule has 1 N–H and O–H groups in total. The molecule has 0 spiro atoms. The van der Waals surface area contributed by atoms with Crippen LogP contribution >= 0.6 is 0 Å². The predicted octanol–water partition coefficient (Wildman–Crippen LogP) is 4.46. The van der Waals surface area contributed by atoms with Crippen LogP contribution in [0.2, 0.25) is 0 Å². The van der Waals surface area contributed by atoms with E-state index < -0.39 is 6.36 Å². The van der Waals surface area contributed by atoms with Crippen LogP contribution in [0.1, 0.15) is 0 Å². The van der Waals surface area contributed by atoms with Crippen molar-refractivity contribution >= 4 is 22.8 Å². The summed E-state index contributed by atoms with van der Waals surface area (Å²) in [6.07, 6.45) is -1.49. The molecule has 0 aliphatic carbocycles. The molecule has 0 radical (unpaired) electrons. The lowest BCUT2D eigenvalue weighted by Gasteiger charge is -2.10. The fourth-order valence-electron chi connectivity index (χ4n) is 2.52.